The van der Waals surface area contributed by atoms with Gasteiger partial charge in [0.25, 0.3) is 0 Å². The highest BCUT2D eigenvalue weighted by Gasteiger charge is 2.05. The Balaban J connectivity index is 3.46. The largest absolute Gasteiger partial charge is 0.375 e. The summed E-state index contributed by atoms with van der Waals surface area (Å²) < 4.78 is 4.69. The SMILES string of the molecule is CNCCN(C)C(=O)COC. The minimum Gasteiger partial charge on any atom is -0.375 e. The number of nitrogens with one attached hydrogen (secondary N) is 1. The van der Waals surface area contributed by atoms with Crippen LogP contribution in [0.15, 0.2) is 0 Å². The van der Waals surface area contributed by atoms with Crippen molar-refractivity contribution in [2.75, 3.05) is 40.9 Å². The van der Waals surface area contributed by atoms with Gasteiger partial charge in [0.2, 0.25) is 5.91 Å². The minimum absolute atomic E-state index is 0.0164. The summed E-state index contributed by atoms with van der Waals surface area (Å²) in [5.41, 5.74) is 0. The number of rotatable bonds is 5. The van der Waals surface area contributed by atoms with E-state index in [4.69, 9.17) is 4.74 Å². The van der Waals surface area contributed by atoms with E-state index < -0.39 is 0 Å². The normalized spacial score (nSPS) is 9.73. The Labute approximate surface area is 67.5 Å². The predicted octanol–water partition coefficient (Wildman–Crippen LogP) is -0.689. The van der Waals surface area contributed by atoms with Crippen LogP contribution in [-0.2, 0) is 9.53 Å². The van der Waals surface area contributed by atoms with Gasteiger partial charge in [-0.05, 0) is 7.05 Å². The van der Waals surface area contributed by atoms with Gasteiger partial charge in [0.1, 0.15) is 6.61 Å². The first-order valence-corrected chi connectivity index (χ1v) is 3.60. The molecule has 66 valence electrons. The fourth-order valence-corrected chi connectivity index (χ4v) is 0.638. The van der Waals surface area contributed by atoms with Crippen molar-refractivity contribution in [1.29, 1.82) is 0 Å². The van der Waals surface area contributed by atoms with Gasteiger partial charge in [-0.15, -0.1) is 0 Å². The number of carbonyl (C=O) groups is 1. The number of amides is 1. The van der Waals surface area contributed by atoms with Gasteiger partial charge >= 0.3 is 0 Å². The van der Waals surface area contributed by atoms with Gasteiger partial charge < -0.3 is 15.0 Å². The van der Waals surface area contributed by atoms with Gasteiger partial charge in [-0.25, -0.2) is 0 Å². The van der Waals surface area contributed by atoms with Gasteiger partial charge in [-0.3, -0.25) is 4.79 Å². The van der Waals surface area contributed by atoms with Crippen LogP contribution in [0.2, 0.25) is 0 Å². The van der Waals surface area contributed by atoms with Crippen LogP contribution in [0.1, 0.15) is 0 Å². The second-order valence-electron chi connectivity index (χ2n) is 2.35. The van der Waals surface area contributed by atoms with Crippen molar-refractivity contribution in [1.82, 2.24) is 10.2 Å². The van der Waals surface area contributed by atoms with E-state index in [1.807, 2.05) is 7.05 Å². The number of methoxy groups -OCH3 is 1. The molecule has 4 heteroatoms. The molecule has 11 heavy (non-hydrogen) atoms. The number of nitrogens with zero attached hydrogens (tertiary/aromatic N) is 1. The van der Waals surface area contributed by atoms with Crippen molar-refractivity contribution < 1.29 is 9.53 Å². The molecule has 1 N–H and O–H groups in total. The zero-order valence-electron chi connectivity index (χ0n) is 7.39. The lowest BCUT2D eigenvalue weighted by molar-refractivity contribution is -0.133. The van der Waals surface area contributed by atoms with Crippen molar-refractivity contribution >= 4 is 5.91 Å². The summed E-state index contributed by atoms with van der Waals surface area (Å²) in [6.07, 6.45) is 0. The molecule has 0 aromatic heterocycles. The highest BCUT2D eigenvalue weighted by molar-refractivity contribution is 5.77. The number of hydrogen-bond acceptors (Lipinski definition) is 3. The van der Waals surface area contributed by atoms with Crippen molar-refractivity contribution in [3.8, 4) is 0 Å². The number of carbonyl (C=O) groups excluding carboxylic acids is 1. The zero-order chi connectivity index (χ0) is 8.69. The molecular weight excluding hydrogens is 144 g/mol. The summed E-state index contributed by atoms with van der Waals surface area (Å²) in [6, 6.07) is 0. The molecule has 4 nitrogen and oxygen atoms in total. The van der Waals surface area contributed by atoms with Crippen LogP contribution in [0.3, 0.4) is 0 Å². The van der Waals surface area contributed by atoms with E-state index in [1.165, 1.54) is 7.11 Å². The van der Waals surface area contributed by atoms with Crippen molar-refractivity contribution in [3.63, 3.8) is 0 Å². The Bertz CT molecular complexity index is 117. The van der Waals surface area contributed by atoms with Crippen LogP contribution in [0.4, 0.5) is 0 Å². The third-order valence-corrected chi connectivity index (χ3v) is 1.39. The van der Waals surface area contributed by atoms with E-state index in [2.05, 4.69) is 5.32 Å². The quantitative estimate of drug-likeness (QED) is 0.579. The lowest BCUT2D eigenvalue weighted by Gasteiger charge is -2.15. The average molecular weight is 160 g/mol. The molecule has 0 rings (SSSR count). The molecule has 0 aliphatic heterocycles. The fraction of sp³-hybridized carbons (Fsp3) is 0.857. The molecule has 0 heterocycles. The molecule has 0 saturated carbocycles. The van der Waals surface area contributed by atoms with Crippen molar-refractivity contribution in [2.45, 2.75) is 0 Å². The molecule has 0 unspecified atom stereocenters. The third kappa shape index (κ3) is 4.75. The Morgan fingerprint density at radius 1 is 1.64 bits per heavy atom. The summed E-state index contributed by atoms with van der Waals surface area (Å²) in [5.74, 6) is 0.0164. The molecule has 0 aromatic carbocycles. The van der Waals surface area contributed by atoms with Crippen LogP contribution >= 0.6 is 0 Å². The molecule has 0 aromatic rings. The van der Waals surface area contributed by atoms with E-state index in [0.717, 1.165) is 13.1 Å². The highest BCUT2D eigenvalue weighted by atomic mass is 16.5. The number of likely N-dealkylation sites (N-methyl/N-ethyl adjacent to an activating group) is 2. The van der Waals surface area contributed by atoms with Gasteiger partial charge in [0.05, 0.1) is 0 Å². The van der Waals surface area contributed by atoms with Crippen molar-refractivity contribution in [2.24, 2.45) is 0 Å². The highest BCUT2D eigenvalue weighted by Crippen LogP contribution is 1.83. The minimum atomic E-state index is 0.0164. The predicted molar refractivity (Wildman–Crippen MR) is 43.4 cm³/mol. The van der Waals surface area contributed by atoms with E-state index in [-0.39, 0.29) is 12.5 Å². The van der Waals surface area contributed by atoms with Crippen LogP contribution in [0.25, 0.3) is 0 Å². The van der Waals surface area contributed by atoms with Crippen LogP contribution in [0.5, 0.6) is 0 Å². The zero-order valence-corrected chi connectivity index (χ0v) is 7.39. The summed E-state index contributed by atoms with van der Waals surface area (Å²) in [7, 11) is 5.14. The fourth-order valence-electron chi connectivity index (χ4n) is 0.638. The molecule has 0 aliphatic carbocycles. The van der Waals surface area contributed by atoms with E-state index in [1.54, 1.807) is 11.9 Å². The van der Waals surface area contributed by atoms with Gasteiger partial charge in [-0.2, -0.15) is 0 Å². The monoisotopic (exact) mass is 160 g/mol. The second kappa shape index (κ2) is 6.12. The first-order valence-electron chi connectivity index (χ1n) is 3.60. The van der Waals surface area contributed by atoms with E-state index in [9.17, 15) is 4.79 Å². The maximum Gasteiger partial charge on any atom is 0.248 e. The molecule has 0 atom stereocenters. The third-order valence-electron chi connectivity index (χ3n) is 1.39. The van der Waals surface area contributed by atoms with Crippen LogP contribution < -0.4 is 5.32 Å². The average Bonchev–Trinajstić information content (AvgIpc) is 2.00. The van der Waals surface area contributed by atoms with Crippen LogP contribution in [0, 0.1) is 0 Å². The first-order chi connectivity index (χ1) is 5.22. The van der Waals surface area contributed by atoms with Crippen LogP contribution in [-0.4, -0.2) is 51.7 Å². The van der Waals surface area contributed by atoms with E-state index in [0.29, 0.717) is 0 Å². The number of ether oxygens (including phenoxy) is 1. The Morgan fingerprint density at radius 2 is 2.27 bits per heavy atom. The maximum atomic E-state index is 11.0. The second-order valence-corrected chi connectivity index (χ2v) is 2.35. The lowest BCUT2D eigenvalue weighted by atomic mass is 10.5. The summed E-state index contributed by atoms with van der Waals surface area (Å²) in [6.45, 7) is 1.70. The Hall–Kier alpha value is -0.610. The first kappa shape index (κ1) is 10.4. The molecular formula is C7H16N2O2. The van der Waals surface area contributed by atoms with Gasteiger partial charge in [-0.1, -0.05) is 0 Å². The molecule has 0 aliphatic rings. The Morgan fingerprint density at radius 3 is 2.73 bits per heavy atom. The molecule has 0 radical (unpaired) electrons. The Kier molecular flexibility index (Phi) is 5.78. The number of hydrogen-bond donors (Lipinski definition) is 1. The summed E-state index contributed by atoms with van der Waals surface area (Å²) >= 11 is 0. The smallest absolute Gasteiger partial charge is 0.248 e. The molecule has 1 amide bonds. The van der Waals surface area contributed by atoms with E-state index >= 15 is 0 Å². The molecule has 0 spiro atoms. The topological polar surface area (TPSA) is 41.6 Å². The summed E-state index contributed by atoms with van der Waals surface area (Å²) in [4.78, 5) is 12.7. The molecule has 0 fully saturated rings. The van der Waals surface area contributed by atoms with Crippen molar-refractivity contribution in [3.05, 3.63) is 0 Å². The molecule has 0 bridgehead atoms. The standard InChI is InChI=1S/C7H16N2O2/c1-8-4-5-9(2)7(10)6-11-3/h8H,4-6H2,1-3H3. The van der Waals surface area contributed by atoms with Gasteiger partial charge in [0, 0.05) is 27.2 Å². The molecule has 0 saturated heterocycles. The summed E-state index contributed by atoms with van der Waals surface area (Å²) in [5, 5.41) is 2.96. The maximum absolute atomic E-state index is 11.0. The lowest BCUT2D eigenvalue weighted by Crippen LogP contribution is -2.34. The van der Waals surface area contributed by atoms with Gasteiger partial charge in [0.15, 0.2) is 0 Å².